The molecule has 3 heterocycles. The van der Waals surface area contributed by atoms with Crippen molar-refractivity contribution in [1.29, 1.82) is 0 Å². The third kappa shape index (κ3) is 4.00. The van der Waals surface area contributed by atoms with Gasteiger partial charge in [0.15, 0.2) is 0 Å². The van der Waals surface area contributed by atoms with Gasteiger partial charge in [0, 0.05) is 38.1 Å². The molecule has 0 spiro atoms. The van der Waals surface area contributed by atoms with E-state index < -0.39 is 11.6 Å². The molecule has 1 aromatic carbocycles. The van der Waals surface area contributed by atoms with Gasteiger partial charge in [-0.2, -0.15) is 0 Å². The predicted octanol–water partition coefficient (Wildman–Crippen LogP) is 3.36. The molecule has 6 nitrogen and oxygen atoms in total. The number of aromatic nitrogens is 3. The first kappa shape index (κ1) is 18.8. The Balaban J connectivity index is 1.46. The highest BCUT2D eigenvalue weighted by Gasteiger charge is 2.20. The van der Waals surface area contributed by atoms with Crippen molar-refractivity contribution in [2.45, 2.75) is 13.5 Å². The fraction of sp³-hybridized carbons (Fsp3) is 0.368. The van der Waals surface area contributed by atoms with Crippen LogP contribution in [0, 0.1) is 11.6 Å². The van der Waals surface area contributed by atoms with Crippen LogP contribution in [-0.4, -0.2) is 52.4 Å². The van der Waals surface area contributed by atoms with Gasteiger partial charge in [-0.15, -0.1) is 10.2 Å². The Morgan fingerprint density at radius 1 is 1.07 bits per heavy atom. The number of likely N-dealkylation sites (N-methyl/N-ethyl adjacent to an activating group) is 1. The van der Waals surface area contributed by atoms with Gasteiger partial charge in [-0.25, -0.2) is 8.78 Å². The molecular weight excluding hydrogens is 382 g/mol. The van der Waals surface area contributed by atoms with Gasteiger partial charge in [0.1, 0.15) is 11.6 Å². The summed E-state index contributed by atoms with van der Waals surface area (Å²) in [6, 6.07) is 7.20. The van der Waals surface area contributed by atoms with Crippen LogP contribution in [0.25, 0.3) is 5.13 Å². The fourth-order valence-corrected chi connectivity index (χ4v) is 4.17. The first-order valence-electron chi connectivity index (χ1n) is 9.30. The highest BCUT2D eigenvalue weighted by Crippen LogP contribution is 2.26. The molecule has 0 unspecified atom stereocenters. The Hall–Kier alpha value is -2.52. The second-order valence-corrected chi connectivity index (χ2v) is 7.57. The van der Waals surface area contributed by atoms with E-state index in [4.69, 9.17) is 0 Å². The molecular formula is C19H22F2N6S. The van der Waals surface area contributed by atoms with Crippen molar-refractivity contribution >= 4 is 22.2 Å². The zero-order valence-corrected chi connectivity index (χ0v) is 16.4. The Kier molecular flexibility index (Phi) is 5.54. The molecule has 1 fully saturated rings. The quantitative estimate of drug-likeness (QED) is 0.683. The van der Waals surface area contributed by atoms with Crippen LogP contribution in [0.5, 0.6) is 0 Å². The lowest BCUT2D eigenvalue weighted by molar-refractivity contribution is 0.271. The molecule has 0 saturated carbocycles. The van der Waals surface area contributed by atoms with E-state index in [0.29, 0.717) is 6.54 Å². The minimum absolute atomic E-state index is 0.138. The van der Waals surface area contributed by atoms with Gasteiger partial charge >= 0.3 is 0 Å². The van der Waals surface area contributed by atoms with Gasteiger partial charge in [0.25, 0.3) is 0 Å². The number of piperazine rings is 1. The molecule has 1 N–H and O–H groups in total. The Morgan fingerprint density at radius 3 is 2.64 bits per heavy atom. The SMILES string of the molecule is CCN1CCN(c2nnc(-n3cccc3CNc3cc(F)ccc3F)s2)CC1. The highest BCUT2D eigenvalue weighted by atomic mass is 32.1. The third-order valence-corrected chi connectivity index (χ3v) is 5.90. The largest absolute Gasteiger partial charge is 0.377 e. The number of rotatable bonds is 6. The maximum atomic E-state index is 13.8. The van der Waals surface area contributed by atoms with Crippen molar-refractivity contribution in [2.75, 3.05) is 42.9 Å². The summed E-state index contributed by atoms with van der Waals surface area (Å²) in [5.41, 5.74) is 1.03. The smallest absolute Gasteiger partial charge is 0.218 e. The monoisotopic (exact) mass is 404 g/mol. The number of anilines is 2. The van der Waals surface area contributed by atoms with Crippen LogP contribution >= 0.6 is 11.3 Å². The lowest BCUT2D eigenvalue weighted by Crippen LogP contribution is -2.46. The number of hydrogen-bond acceptors (Lipinski definition) is 6. The van der Waals surface area contributed by atoms with Crippen LogP contribution in [0.2, 0.25) is 0 Å². The molecule has 4 rings (SSSR count). The van der Waals surface area contributed by atoms with Gasteiger partial charge in [-0.3, -0.25) is 4.57 Å². The van der Waals surface area contributed by atoms with Crippen LogP contribution in [0.15, 0.2) is 36.5 Å². The summed E-state index contributed by atoms with van der Waals surface area (Å²) < 4.78 is 29.1. The molecule has 9 heteroatoms. The molecule has 0 aliphatic carbocycles. The van der Waals surface area contributed by atoms with Crippen LogP contribution in [0.1, 0.15) is 12.6 Å². The van der Waals surface area contributed by atoms with Crippen molar-refractivity contribution in [3.63, 3.8) is 0 Å². The van der Waals surface area contributed by atoms with Crippen LogP contribution in [-0.2, 0) is 6.54 Å². The number of halogens is 2. The molecule has 1 saturated heterocycles. The van der Waals surface area contributed by atoms with Gasteiger partial charge in [0.05, 0.1) is 12.2 Å². The summed E-state index contributed by atoms with van der Waals surface area (Å²) in [6.07, 6.45) is 1.90. The summed E-state index contributed by atoms with van der Waals surface area (Å²) in [5, 5.41) is 13.3. The number of benzene rings is 1. The maximum absolute atomic E-state index is 13.8. The molecule has 0 bridgehead atoms. The van der Waals surface area contributed by atoms with E-state index in [2.05, 4.69) is 32.2 Å². The second kappa shape index (κ2) is 8.24. The van der Waals surface area contributed by atoms with Crippen molar-refractivity contribution in [3.8, 4) is 5.13 Å². The molecule has 0 atom stereocenters. The van der Waals surface area contributed by atoms with Crippen LogP contribution in [0.3, 0.4) is 0 Å². The van der Waals surface area contributed by atoms with E-state index in [1.165, 1.54) is 11.3 Å². The first-order valence-corrected chi connectivity index (χ1v) is 10.1. The zero-order valence-electron chi connectivity index (χ0n) is 15.6. The molecule has 148 valence electrons. The molecule has 3 aromatic rings. The molecule has 2 aromatic heterocycles. The number of nitrogens with one attached hydrogen (secondary N) is 1. The van der Waals surface area contributed by atoms with Crippen molar-refractivity contribution in [3.05, 3.63) is 53.9 Å². The summed E-state index contributed by atoms with van der Waals surface area (Å²) >= 11 is 1.53. The normalized spacial score (nSPS) is 15.2. The standard InChI is InChI=1S/C19H22F2N6S/c1-2-25-8-10-26(11-9-25)18-23-24-19(28-18)27-7-3-4-15(27)13-22-17-12-14(20)5-6-16(17)21/h3-7,12,22H,2,8-11,13H2,1H3. The first-order chi connectivity index (χ1) is 13.6. The summed E-state index contributed by atoms with van der Waals surface area (Å²) in [7, 11) is 0. The Morgan fingerprint density at radius 2 is 1.86 bits per heavy atom. The van der Waals surface area contributed by atoms with E-state index in [0.717, 1.165) is 66.9 Å². The van der Waals surface area contributed by atoms with Gasteiger partial charge < -0.3 is 15.1 Å². The molecule has 1 aliphatic heterocycles. The van der Waals surface area contributed by atoms with E-state index >= 15 is 0 Å². The van der Waals surface area contributed by atoms with Crippen molar-refractivity contribution in [2.24, 2.45) is 0 Å². The summed E-state index contributed by atoms with van der Waals surface area (Å²) in [4.78, 5) is 4.68. The molecule has 0 radical (unpaired) electrons. The van der Waals surface area contributed by atoms with E-state index in [1.54, 1.807) is 0 Å². The topological polar surface area (TPSA) is 49.2 Å². The van der Waals surface area contributed by atoms with E-state index in [-0.39, 0.29) is 5.69 Å². The third-order valence-electron chi connectivity index (χ3n) is 4.92. The zero-order chi connectivity index (χ0) is 19.5. The predicted molar refractivity (Wildman–Crippen MR) is 107 cm³/mol. The average Bonchev–Trinajstić information content (AvgIpc) is 3.38. The molecule has 0 amide bonds. The minimum Gasteiger partial charge on any atom is -0.377 e. The molecule has 1 aliphatic rings. The minimum atomic E-state index is -0.482. The van der Waals surface area contributed by atoms with Crippen LogP contribution in [0.4, 0.5) is 19.6 Å². The number of hydrogen-bond donors (Lipinski definition) is 1. The van der Waals surface area contributed by atoms with Gasteiger partial charge in [-0.05, 0) is 36.9 Å². The van der Waals surface area contributed by atoms with Gasteiger partial charge in [0.2, 0.25) is 10.3 Å². The lowest BCUT2D eigenvalue weighted by Gasteiger charge is -2.33. The average molecular weight is 404 g/mol. The van der Waals surface area contributed by atoms with Crippen molar-refractivity contribution < 1.29 is 8.78 Å². The highest BCUT2D eigenvalue weighted by molar-refractivity contribution is 7.17. The van der Waals surface area contributed by atoms with E-state index in [9.17, 15) is 8.78 Å². The molecule has 28 heavy (non-hydrogen) atoms. The fourth-order valence-electron chi connectivity index (χ4n) is 3.25. The summed E-state index contributed by atoms with van der Waals surface area (Å²) in [5.74, 6) is -0.958. The maximum Gasteiger partial charge on any atom is 0.218 e. The number of nitrogens with zero attached hydrogens (tertiary/aromatic N) is 5. The Labute approximate surface area is 166 Å². The lowest BCUT2D eigenvalue weighted by atomic mass is 10.3. The summed E-state index contributed by atoms with van der Waals surface area (Å²) in [6.45, 7) is 7.55. The van der Waals surface area contributed by atoms with Gasteiger partial charge in [-0.1, -0.05) is 18.3 Å². The van der Waals surface area contributed by atoms with Crippen LogP contribution < -0.4 is 10.2 Å². The van der Waals surface area contributed by atoms with E-state index in [1.807, 2.05) is 22.9 Å². The second-order valence-electron chi connectivity index (χ2n) is 6.64. The Bertz CT molecular complexity index is 932. The van der Waals surface area contributed by atoms with Crippen molar-refractivity contribution in [1.82, 2.24) is 19.7 Å².